The minimum atomic E-state index is -4.03. The van der Waals surface area contributed by atoms with Crippen molar-refractivity contribution in [3.63, 3.8) is 0 Å². The molecule has 0 saturated heterocycles. The van der Waals surface area contributed by atoms with Gasteiger partial charge in [-0.25, -0.2) is 17.9 Å². The Labute approximate surface area is 124 Å². The number of benzene rings is 1. The number of nitrogens with one attached hydrogen (secondary N) is 1. The van der Waals surface area contributed by atoms with Gasteiger partial charge in [-0.15, -0.1) is 0 Å². The fourth-order valence-corrected chi connectivity index (χ4v) is 3.19. The van der Waals surface area contributed by atoms with Crippen LogP contribution in [-0.2, 0) is 14.8 Å². The summed E-state index contributed by atoms with van der Waals surface area (Å²) in [6, 6.07) is 3.83. The number of carbonyl (C=O) groups excluding carboxylic acids is 1. The molecule has 0 saturated carbocycles. The van der Waals surface area contributed by atoms with Crippen LogP contribution < -0.4 is 10.5 Å². The molecule has 0 aliphatic carbocycles. The van der Waals surface area contributed by atoms with E-state index in [-0.39, 0.29) is 16.1 Å². The monoisotopic (exact) mass is 316 g/mol. The SMILES string of the molecule is COC(=O)c1cc(N)ccc1S(=O)(=O)NC(C)(C)C(C)O. The number of hydrogen-bond acceptors (Lipinski definition) is 6. The first-order valence-corrected chi connectivity index (χ1v) is 7.69. The van der Waals surface area contributed by atoms with E-state index in [4.69, 9.17) is 5.73 Å². The van der Waals surface area contributed by atoms with E-state index in [2.05, 4.69) is 9.46 Å². The molecule has 21 heavy (non-hydrogen) atoms. The number of methoxy groups -OCH3 is 1. The van der Waals surface area contributed by atoms with Gasteiger partial charge in [0, 0.05) is 5.69 Å². The Hall–Kier alpha value is -1.64. The van der Waals surface area contributed by atoms with Gasteiger partial charge in [0.1, 0.15) is 0 Å². The van der Waals surface area contributed by atoms with E-state index in [0.717, 1.165) is 7.11 Å². The van der Waals surface area contributed by atoms with E-state index in [1.54, 1.807) is 0 Å². The van der Waals surface area contributed by atoms with Crippen molar-refractivity contribution in [1.82, 2.24) is 4.72 Å². The highest BCUT2D eigenvalue weighted by Crippen LogP contribution is 2.22. The zero-order valence-electron chi connectivity index (χ0n) is 12.4. The second-order valence-corrected chi connectivity index (χ2v) is 6.90. The third-order valence-electron chi connectivity index (χ3n) is 3.14. The first-order valence-electron chi connectivity index (χ1n) is 6.21. The fourth-order valence-electron chi connectivity index (χ4n) is 1.54. The van der Waals surface area contributed by atoms with Gasteiger partial charge in [0.2, 0.25) is 10.0 Å². The maximum Gasteiger partial charge on any atom is 0.339 e. The van der Waals surface area contributed by atoms with Crippen LogP contribution in [0.2, 0.25) is 0 Å². The summed E-state index contributed by atoms with van der Waals surface area (Å²) in [5, 5.41) is 9.62. The average Bonchev–Trinajstić information content (AvgIpc) is 2.35. The molecule has 0 amide bonds. The van der Waals surface area contributed by atoms with E-state index < -0.39 is 27.6 Å². The Bertz CT molecular complexity index is 638. The van der Waals surface area contributed by atoms with Gasteiger partial charge in [-0.05, 0) is 39.0 Å². The minimum absolute atomic E-state index is 0.161. The minimum Gasteiger partial charge on any atom is -0.465 e. The van der Waals surface area contributed by atoms with Crippen LogP contribution in [0.25, 0.3) is 0 Å². The van der Waals surface area contributed by atoms with E-state index in [1.807, 2.05) is 0 Å². The zero-order valence-corrected chi connectivity index (χ0v) is 13.2. The smallest absolute Gasteiger partial charge is 0.339 e. The molecule has 1 aromatic rings. The quantitative estimate of drug-likeness (QED) is 0.537. The summed E-state index contributed by atoms with van der Waals surface area (Å²) in [6.07, 6.45) is -0.928. The van der Waals surface area contributed by atoms with Gasteiger partial charge in [-0.1, -0.05) is 0 Å². The Balaban J connectivity index is 3.36. The topological polar surface area (TPSA) is 119 Å². The number of nitrogens with two attached hydrogens (primary N) is 1. The summed E-state index contributed by atoms with van der Waals surface area (Å²) in [5.74, 6) is -0.808. The highest BCUT2D eigenvalue weighted by Gasteiger charge is 2.32. The molecule has 0 aliphatic heterocycles. The Morgan fingerprint density at radius 1 is 1.43 bits per heavy atom. The lowest BCUT2D eigenvalue weighted by Crippen LogP contribution is -2.51. The summed E-state index contributed by atoms with van der Waals surface area (Å²) in [4.78, 5) is 11.5. The summed E-state index contributed by atoms with van der Waals surface area (Å²) in [7, 11) is -2.88. The van der Waals surface area contributed by atoms with Gasteiger partial charge in [0.25, 0.3) is 0 Å². The molecule has 0 fully saturated rings. The van der Waals surface area contributed by atoms with Crippen LogP contribution in [0.5, 0.6) is 0 Å². The molecule has 1 aromatic carbocycles. The van der Waals surface area contributed by atoms with Crippen molar-refractivity contribution in [2.75, 3.05) is 12.8 Å². The Morgan fingerprint density at radius 2 is 2.00 bits per heavy atom. The van der Waals surface area contributed by atoms with Crippen molar-refractivity contribution in [3.05, 3.63) is 23.8 Å². The second kappa shape index (κ2) is 6.00. The largest absolute Gasteiger partial charge is 0.465 e. The molecule has 7 nitrogen and oxygen atoms in total. The third kappa shape index (κ3) is 3.93. The number of hydrogen-bond donors (Lipinski definition) is 3. The molecule has 1 rings (SSSR count). The highest BCUT2D eigenvalue weighted by molar-refractivity contribution is 7.89. The number of carbonyl (C=O) groups is 1. The summed E-state index contributed by atoms with van der Waals surface area (Å²) in [6.45, 7) is 4.53. The fraction of sp³-hybridized carbons (Fsp3) is 0.462. The van der Waals surface area contributed by atoms with Crippen molar-refractivity contribution in [1.29, 1.82) is 0 Å². The van der Waals surface area contributed by atoms with Gasteiger partial charge in [0.05, 0.1) is 29.2 Å². The molecule has 0 spiro atoms. The molecular formula is C13H20N2O5S. The van der Waals surface area contributed by atoms with Crippen LogP contribution in [0.15, 0.2) is 23.1 Å². The first-order chi connectivity index (χ1) is 9.51. The summed E-state index contributed by atoms with van der Waals surface area (Å²) < 4.78 is 31.8. The lowest BCUT2D eigenvalue weighted by atomic mass is 10.0. The predicted octanol–water partition coefficient (Wildman–Crippen LogP) is 0.493. The van der Waals surface area contributed by atoms with Gasteiger partial charge < -0.3 is 15.6 Å². The predicted molar refractivity (Wildman–Crippen MR) is 78.3 cm³/mol. The standard InChI is InChI=1S/C13H20N2O5S/c1-8(16)13(2,3)15-21(18,19)11-6-5-9(14)7-10(11)12(17)20-4/h5-8,15-16H,14H2,1-4H3. The van der Waals surface area contributed by atoms with E-state index >= 15 is 0 Å². The molecule has 0 radical (unpaired) electrons. The van der Waals surface area contributed by atoms with Crippen molar-refractivity contribution in [2.24, 2.45) is 0 Å². The first kappa shape index (κ1) is 17.4. The lowest BCUT2D eigenvalue weighted by molar-refractivity contribution is 0.0596. The molecule has 118 valence electrons. The number of nitrogen functional groups attached to an aromatic ring is 1. The summed E-state index contributed by atoms with van der Waals surface area (Å²) in [5.41, 5.74) is 4.55. The second-order valence-electron chi connectivity index (χ2n) is 5.25. The summed E-state index contributed by atoms with van der Waals surface area (Å²) >= 11 is 0. The third-order valence-corrected chi connectivity index (χ3v) is 4.87. The van der Waals surface area contributed by atoms with Crippen LogP contribution in [0.3, 0.4) is 0 Å². The average molecular weight is 316 g/mol. The maximum absolute atomic E-state index is 12.4. The Morgan fingerprint density at radius 3 is 2.48 bits per heavy atom. The number of aliphatic hydroxyl groups excluding tert-OH is 1. The molecular weight excluding hydrogens is 296 g/mol. The molecule has 0 aromatic heterocycles. The number of ether oxygens (including phenoxy) is 1. The molecule has 4 N–H and O–H groups in total. The number of rotatable bonds is 5. The van der Waals surface area contributed by atoms with Crippen molar-refractivity contribution in [2.45, 2.75) is 37.3 Å². The van der Waals surface area contributed by atoms with E-state index in [9.17, 15) is 18.3 Å². The van der Waals surface area contributed by atoms with Crippen LogP contribution >= 0.6 is 0 Å². The number of sulfonamides is 1. The van der Waals surface area contributed by atoms with Crippen molar-refractivity contribution in [3.8, 4) is 0 Å². The number of anilines is 1. The number of aliphatic hydroxyl groups is 1. The maximum atomic E-state index is 12.4. The van der Waals surface area contributed by atoms with Crippen molar-refractivity contribution >= 4 is 21.7 Å². The van der Waals surface area contributed by atoms with Gasteiger partial charge in [-0.2, -0.15) is 0 Å². The van der Waals surface area contributed by atoms with Crippen molar-refractivity contribution < 1.29 is 23.1 Å². The number of esters is 1. The van der Waals surface area contributed by atoms with Gasteiger partial charge in [0.15, 0.2) is 0 Å². The lowest BCUT2D eigenvalue weighted by Gasteiger charge is -2.29. The molecule has 1 unspecified atom stereocenters. The highest BCUT2D eigenvalue weighted by atomic mass is 32.2. The zero-order chi connectivity index (χ0) is 16.4. The van der Waals surface area contributed by atoms with Crippen LogP contribution in [0.1, 0.15) is 31.1 Å². The van der Waals surface area contributed by atoms with E-state index in [0.29, 0.717) is 0 Å². The Kier molecular flexibility index (Phi) is 4.98. The molecule has 0 aliphatic rings. The van der Waals surface area contributed by atoms with Gasteiger partial charge in [-0.3, -0.25) is 0 Å². The van der Waals surface area contributed by atoms with Crippen LogP contribution in [0.4, 0.5) is 5.69 Å². The molecule has 0 bridgehead atoms. The van der Waals surface area contributed by atoms with Gasteiger partial charge >= 0.3 is 5.97 Å². The van der Waals surface area contributed by atoms with E-state index in [1.165, 1.54) is 39.0 Å². The van der Waals surface area contributed by atoms with Crippen LogP contribution in [0, 0.1) is 0 Å². The molecule has 0 heterocycles. The molecule has 1 atom stereocenters. The molecule has 8 heteroatoms. The van der Waals surface area contributed by atoms with Crippen LogP contribution in [-0.4, -0.2) is 38.2 Å². The normalized spacial score (nSPS) is 13.8.